The van der Waals surface area contributed by atoms with E-state index in [1.165, 1.54) is 19.3 Å². The summed E-state index contributed by atoms with van der Waals surface area (Å²) < 4.78 is 5.40. The normalized spacial score (nSPS) is 23.9. The maximum atomic E-state index is 12.0. The van der Waals surface area contributed by atoms with Gasteiger partial charge in [0.15, 0.2) is 11.5 Å². The number of Topliss-reactive ketones (excluding diaryl/α,β-unsaturated/α-hetero) is 1. The van der Waals surface area contributed by atoms with Crippen LogP contribution in [0.2, 0.25) is 0 Å². The molecule has 1 saturated carbocycles. The average Bonchev–Trinajstić information content (AvgIpc) is 2.30. The third-order valence-corrected chi connectivity index (χ3v) is 3.15. The number of carbonyl (C=O) groups is 1. The van der Waals surface area contributed by atoms with Gasteiger partial charge in [-0.05, 0) is 31.8 Å². The Labute approximate surface area is 85.3 Å². The largest absolute Gasteiger partial charge is 0.490 e. The summed E-state index contributed by atoms with van der Waals surface area (Å²) in [5.74, 6) is 1.18. The first kappa shape index (κ1) is 9.75. The van der Waals surface area contributed by atoms with E-state index in [0.717, 1.165) is 32.3 Å². The van der Waals surface area contributed by atoms with E-state index < -0.39 is 0 Å². The number of hydrogen-bond acceptors (Lipinski definition) is 2. The first-order chi connectivity index (χ1) is 6.88. The zero-order valence-corrected chi connectivity index (χ0v) is 8.63. The van der Waals surface area contributed by atoms with Crippen LogP contribution in [0, 0.1) is 5.92 Å². The van der Waals surface area contributed by atoms with Crippen LogP contribution in [-0.2, 0) is 9.53 Å². The summed E-state index contributed by atoms with van der Waals surface area (Å²) >= 11 is 0. The molecule has 2 aliphatic rings. The van der Waals surface area contributed by atoms with Crippen LogP contribution in [0.5, 0.6) is 0 Å². The molecule has 1 aliphatic heterocycles. The van der Waals surface area contributed by atoms with Gasteiger partial charge < -0.3 is 4.74 Å². The van der Waals surface area contributed by atoms with Crippen molar-refractivity contribution in [1.82, 2.24) is 0 Å². The standard InChI is InChI=1S/C12H18O2/c13-12(10-6-2-1-3-7-10)11-8-4-5-9-14-11/h8,10H,1-7,9H2. The first-order valence-electron chi connectivity index (χ1n) is 5.75. The maximum Gasteiger partial charge on any atom is 0.200 e. The van der Waals surface area contributed by atoms with Crippen molar-refractivity contribution in [3.63, 3.8) is 0 Å². The second-order valence-corrected chi connectivity index (χ2v) is 4.26. The van der Waals surface area contributed by atoms with Crippen molar-refractivity contribution in [2.45, 2.75) is 44.9 Å². The molecule has 78 valence electrons. The number of rotatable bonds is 2. The fourth-order valence-electron chi connectivity index (χ4n) is 2.30. The smallest absolute Gasteiger partial charge is 0.200 e. The van der Waals surface area contributed by atoms with Crippen LogP contribution < -0.4 is 0 Å². The second kappa shape index (κ2) is 4.63. The molecule has 0 amide bonds. The van der Waals surface area contributed by atoms with Gasteiger partial charge in [-0.1, -0.05) is 19.3 Å². The van der Waals surface area contributed by atoms with Gasteiger partial charge in [-0.15, -0.1) is 0 Å². The van der Waals surface area contributed by atoms with E-state index in [4.69, 9.17) is 4.74 Å². The van der Waals surface area contributed by atoms with Gasteiger partial charge >= 0.3 is 0 Å². The van der Waals surface area contributed by atoms with Crippen LogP contribution in [0.25, 0.3) is 0 Å². The minimum Gasteiger partial charge on any atom is -0.490 e. The lowest BCUT2D eigenvalue weighted by molar-refractivity contribution is -0.123. The number of hydrogen-bond donors (Lipinski definition) is 0. The predicted molar refractivity (Wildman–Crippen MR) is 54.9 cm³/mol. The van der Waals surface area contributed by atoms with Gasteiger partial charge in [0.1, 0.15) is 0 Å². The molecule has 0 unspecified atom stereocenters. The molecule has 0 spiro atoms. The van der Waals surface area contributed by atoms with Crippen molar-refractivity contribution in [3.8, 4) is 0 Å². The summed E-state index contributed by atoms with van der Waals surface area (Å²) in [6, 6.07) is 0. The highest BCUT2D eigenvalue weighted by atomic mass is 16.5. The van der Waals surface area contributed by atoms with Crippen molar-refractivity contribution in [3.05, 3.63) is 11.8 Å². The van der Waals surface area contributed by atoms with Crippen LogP contribution in [0.1, 0.15) is 44.9 Å². The molecule has 1 heterocycles. The van der Waals surface area contributed by atoms with Gasteiger partial charge in [0.05, 0.1) is 6.61 Å². The fourth-order valence-corrected chi connectivity index (χ4v) is 2.30. The molecular formula is C12H18O2. The third-order valence-electron chi connectivity index (χ3n) is 3.15. The van der Waals surface area contributed by atoms with Gasteiger partial charge in [0.25, 0.3) is 0 Å². The quantitative estimate of drug-likeness (QED) is 0.675. The summed E-state index contributed by atoms with van der Waals surface area (Å²) in [5, 5.41) is 0. The molecule has 2 heteroatoms. The molecule has 0 saturated heterocycles. The topological polar surface area (TPSA) is 26.3 Å². The predicted octanol–water partition coefficient (Wildman–Crippen LogP) is 2.83. The van der Waals surface area contributed by atoms with Crippen LogP contribution >= 0.6 is 0 Å². The van der Waals surface area contributed by atoms with E-state index in [9.17, 15) is 4.79 Å². The molecule has 0 N–H and O–H groups in total. The molecule has 14 heavy (non-hydrogen) atoms. The summed E-state index contributed by atoms with van der Waals surface area (Å²) in [7, 11) is 0. The van der Waals surface area contributed by atoms with Gasteiger partial charge in [0.2, 0.25) is 0 Å². The van der Waals surface area contributed by atoms with Crippen LogP contribution in [0.3, 0.4) is 0 Å². The van der Waals surface area contributed by atoms with E-state index in [0.29, 0.717) is 5.76 Å². The monoisotopic (exact) mass is 194 g/mol. The van der Waals surface area contributed by atoms with E-state index in [1.54, 1.807) is 0 Å². The molecular weight excluding hydrogens is 176 g/mol. The molecule has 0 aromatic rings. The average molecular weight is 194 g/mol. The van der Waals surface area contributed by atoms with E-state index >= 15 is 0 Å². The van der Waals surface area contributed by atoms with Crippen molar-refractivity contribution in [2.75, 3.05) is 6.61 Å². The summed E-state index contributed by atoms with van der Waals surface area (Å²) in [6.07, 6.45) is 9.89. The Kier molecular flexibility index (Phi) is 3.22. The molecule has 0 bridgehead atoms. The van der Waals surface area contributed by atoms with Crippen molar-refractivity contribution >= 4 is 5.78 Å². The molecule has 0 atom stereocenters. The lowest BCUT2D eigenvalue weighted by atomic mass is 9.85. The Morgan fingerprint density at radius 3 is 2.64 bits per heavy atom. The Morgan fingerprint density at radius 1 is 1.21 bits per heavy atom. The Bertz CT molecular complexity index is 237. The molecule has 0 radical (unpaired) electrons. The third kappa shape index (κ3) is 2.17. The first-order valence-corrected chi connectivity index (χ1v) is 5.75. The zero-order valence-electron chi connectivity index (χ0n) is 8.63. The van der Waals surface area contributed by atoms with Crippen LogP contribution in [0.4, 0.5) is 0 Å². The minimum atomic E-state index is 0.257. The zero-order chi connectivity index (χ0) is 9.80. The van der Waals surface area contributed by atoms with E-state index in [2.05, 4.69) is 0 Å². The Morgan fingerprint density at radius 2 is 2.00 bits per heavy atom. The lowest BCUT2D eigenvalue weighted by Crippen LogP contribution is -2.22. The SMILES string of the molecule is O=C(C1=CCCCO1)C1CCCCC1. The summed E-state index contributed by atoms with van der Waals surface area (Å²) in [4.78, 5) is 12.0. The molecule has 0 aromatic carbocycles. The van der Waals surface area contributed by atoms with Crippen molar-refractivity contribution in [2.24, 2.45) is 5.92 Å². The number of allylic oxidation sites excluding steroid dienone is 2. The van der Waals surface area contributed by atoms with Crippen LogP contribution in [-0.4, -0.2) is 12.4 Å². The van der Waals surface area contributed by atoms with Crippen molar-refractivity contribution < 1.29 is 9.53 Å². The van der Waals surface area contributed by atoms with Crippen LogP contribution in [0.15, 0.2) is 11.8 Å². The molecule has 0 aromatic heterocycles. The summed E-state index contributed by atoms with van der Waals surface area (Å²) in [5.41, 5.74) is 0. The Balaban J connectivity index is 1.95. The second-order valence-electron chi connectivity index (χ2n) is 4.26. The molecule has 2 nitrogen and oxygen atoms in total. The van der Waals surface area contributed by atoms with E-state index in [-0.39, 0.29) is 11.7 Å². The van der Waals surface area contributed by atoms with Gasteiger partial charge in [0, 0.05) is 5.92 Å². The molecule has 2 rings (SSSR count). The number of ether oxygens (including phenoxy) is 1. The van der Waals surface area contributed by atoms with Gasteiger partial charge in [-0.25, -0.2) is 0 Å². The number of ketones is 1. The highest BCUT2D eigenvalue weighted by molar-refractivity contribution is 5.95. The lowest BCUT2D eigenvalue weighted by Gasteiger charge is -2.22. The van der Waals surface area contributed by atoms with Gasteiger partial charge in [-0.3, -0.25) is 4.79 Å². The highest BCUT2D eigenvalue weighted by Gasteiger charge is 2.25. The maximum absolute atomic E-state index is 12.0. The highest BCUT2D eigenvalue weighted by Crippen LogP contribution is 2.27. The van der Waals surface area contributed by atoms with Crippen molar-refractivity contribution in [1.29, 1.82) is 0 Å². The van der Waals surface area contributed by atoms with Gasteiger partial charge in [-0.2, -0.15) is 0 Å². The molecule has 1 aliphatic carbocycles. The molecule has 1 fully saturated rings. The Hall–Kier alpha value is -0.790. The number of carbonyl (C=O) groups excluding carboxylic acids is 1. The van der Waals surface area contributed by atoms with E-state index in [1.807, 2.05) is 6.08 Å². The summed E-state index contributed by atoms with van der Waals surface area (Å²) in [6.45, 7) is 0.726. The minimum absolute atomic E-state index is 0.257. The fraction of sp³-hybridized carbons (Fsp3) is 0.750.